The Bertz CT molecular complexity index is 1810. The zero-order valence-corrected chi connectivity index (χ0v) is 42.4. The van der Waals surface area contributed by atoms with Crippen molar-refractivity contribution < 1.29 is 67.7 Å². The van der Waals surface area contributed by atoms with Crippen LogP contribution in [-0.2, 0) is 52.4 Å². The molecule has 3 heterocycles. The summed E-state index contributed by atoms with van der Waals surface area (Å²) in [6, 6.07) is -1.14. The minimum Gasteiger partial charge on any atom is -0.460 e. The highest BCUT2D eigenvalue weighted by molar-refractivity contribution is 6.39. The lowest BCUT2D eigenvalue weighted by Crippen LogP contribution is -2.61. The van der Waals surface area contributed by atoms with Crippen LogP contribution in [0.5, 0.6) is 0 Å². The Labute approximate surface area is 405 Å². The Morgan fingerprint density at radius 2 is 1.59 bits per heavy atom. The minimum atomic E-state index is -2.43. The third-order valence-electron chi connectivity index (χ3n) is 14.9. The molecule has 0 unspecified atom stereocenters. The van der Waals surface area contributed by atoms with E-state index in [0.717, 1.165) is 12.0 Å². The Kier molecular flexibility index (Phi) is 22.9. The number of hydrogen-bond acceptors (Lipinski definition) is 14. The maximum absolute atomic E-state index is 14.5. The molecule has 2 bridgehead atoms. The monoisotopic (exact) mass is 958 g/mol. The van der Waals surface area contributed by atoms with Crippen LogP contribution in [0.25, 0.3) is 0 Å². The summed E-state index contributed by atoms with van der Waals surface area (Å²) in [5.74, 6) is -7.96. The van der Waals surface area contributed by atoms with E-state index in [-0.39, 0.29) is 74.1 Å². The molecule has 3 aliphatic heterocycles. The van der Waals surface area contributed by atoms with Gasteiger partial charge in [0.15, 0.2) is 5.78 Å². The lowest BCUT2D eigenvalue weighted by atomic mass is 9.78. The standard InChI is InChI=1S/C53H83NO14/c1-32-16-12-11-13-17-33(2)44(63-8)30-40-21-19-38(7)53(62,68-40)50(59)51(60)54-23-15-14-18-41(54)52(61)67-45(35(4)28-39-20-22-43(66-25-24-55)46(29-39)64-9)31-42(56)34(3)27-37(6)48(58)49(65-10)47(57)36(5)26-32/h11-13,16-17,27,32,34-36,38-41,43-46,48-49,55,58,62H,14-15,18-26,28-31H2,1-10H3/b13-11+,16-12+,33-17-,37-27+/t32-,34-,35-,36-,38+,39+,40-,41-,43+,44-,45+,46-,48+,49-,53-/m1/s1. The molecule has 0 aromatic heterocycles. The van der Waals surface area contributed by atoms with Crippen LogP contribution in [0.4, 0.5) is 0 Å². The number of carbonyl (C=O) groups is 5. The first kappa shape index (κ1) is 57.2. The number of ketones is 3. The number of cyclic esters (lactones) is 1. The van der Waals surface area contributed by atoms with Crippen molar-refractivity contribution in [3.05, 3.63) is 47.6 Å². The average molecular weight is 958 g/mol. The van der Waals surface area contributed by atoms with E-state index in [4.69, 9.17) is 28.4 Å². The van der Waals surface area contributed by atoms with Gasteiger partial charge in [-0.05, 0) is 107 Å². The second kappa shape index (κ2) is 27.3. The van der Waals surface area contributed by atoms with Gasteiger partial charge in [-0.2, -0.15) is 0 Å². The molecule has 1 amide bonds. The quantitative estimate of drug-likeness (QED) is 0.134. The summed E-state index contributed by atoms with van der Waals surface area (Å²) in [4.78, 5) is 72.1. The zero-order valence-electron chi connectivity index (χ0n) is 42.4. The van der Waals surface area contributed by atoms with Crippen molar-refractivity contribution in [2.45, 2.75) is 180 Å². The molecule has 3 N–H and O–H groups in total. The van der Waals surface area contributed by atoms with Crippen LogP contribution in [-0.4, -0.2) is 145 Å². The molecule has 384 valence electrons. The van der Waals surface area contributed by atoms with E-state index in [1.165, 1.54) is 12.0 Å². The molecular formula is C53H83NO14. The number of methoxy groups -OCH3 is 3. The van der Waals surface area contributed by atoms with Crippen molar-refractivity contribution in [2.75, 3.05) is 41.1 Å². The lowest BCUT2D eigenvalue weighted by molar-refractivity contribution is -0.265. The Balaban J connectivity index is 1.70. The number of amides is 1. The number of piperidine rings is 1. The van der Waals surface area contributed by atoms with E-state index in [9.17, 15) is 39.3 Å². The molecule has 3 fully saturated rings. The summed E-state index contributed by atoms with van der Waals surface area (Å²) < 4.78 is 35.6. The summed E-state index contributed by atoms with van der Waals surface area (Å²) in [5, 5.41) is 32.8. The van der Waals surface area contributed by atoms with Crippen molar-refractivity contribution in [2.24, 2.45) is 35.5 Å². The highest BCUT2D eigenvalue weighted by Gasteiger charge is 2.53. The largest absolute Gasteiger partial charge is 0.460 e. The third kappa shape index (κ3) is 15.3. The normalized spacial score (nSPS) is 39.2. The molecule has 0 radical (unpaired) electrons. The van der Waals surface area contributed by atoms with Gasteiger partial charge in [0.2, 0.25) is 5.79 Å². The Morgan fingerprint density at radius 1 is 0.853 bits per heavy atom. The van der Waals surface area contributed by atoms with Crippen LogP contribution in [0.3, 0.4) is 0 Å². The maximum atomic E-state index is 14.5. The summed E-state index contributed by atoms with van der Waals surface area (Å²) in [7, 11) is 4.58. The molecule has 1 saturated carbocycles. The number of nitrogens with zero attached hydrogens (tertiary/aromatic N) is 1. The second-order valence-electron chi connectivity index (χ2n) is 20.2. The first-order valence-corrected chi connectivity index (χ1v) is 25.0. The van der Waals surface area contributed by atoms with E-state index in [2.05, 4.69) is 0 Å². The molecular weight excluding hydrogens is 875 g/mol. The molecule has 15 nitrogen and oxygen atoms in total. The number of fused-ring (bicyclic) bond motifs is 3. The summed E-state index contributed by atoms with van der Waals surface area (Å²) in [5.41, 5.74) is 1.26. The Hall–Kier alpha value is -3.41. The van der Waals surface area contributed by atoms with Gasteiger partial charge in [-0.3, -0.25) is 19.2 Å². The van der Waals surface area contributed by atoms with Crippen molar-refractivity contribution in [3.8, 4) is 0 Å². The fourth-order valence-corrected chi connectivity index (χ4v) is 10.5. The van der Waals surface area contributed by atoms with Gasteiger partial charge in [-0.15, -0.1) is 0 Å². The Morgan fingerprint density at radius 3 is 2.26 bits per heavy atom. The minimum absolute atomic E-state index is 0.0158. The van der Waals surface area contributed by atoms with E-state index in [0.29, 0.717) is 63.4 Å². The van der Waals surface area contributed by atoms with Gasteiger partial charge < -0.3 is 48.6 Å². The summed E-state index contributed by atoms with van der Waals surface area (Å²) in [6.07, 6.45) is 12.0. The number of Topliss-reactive ketones (excluding diaryl/α,β-unsaturated/α-hetero) is 3. The molecule has 0 spiro atoms. The molecule has 4 aliphatic rings. The van der Waals surface area contributed by atoms with Crippen molar-refractivity contribution in [1.29, 1.82) is 0 Å². The van der Waals surface area contributed by atoms with Crippen LogP contribution in [0, 0.1) is 35.5 Å². The van der Waals surface area contributed by atoms with Gasteiger partial charge in [0, 0.05) is 58.5 Å². The van der Waals surface area contributed by atoms with Gasteiger partial charge in [0.1, 0.15) is 30.1 Å². The SMILES string of the molecule is CO[C@@H]1C(=O)[C@H](C)C[C@H](C)/C=C/C=C/C=C(/C)[C@H](OC)C[C@H]2CC[C@H](C)[C@@](O)(O2)C(=O)C(=O)N2CCCC[C@@H]2C(=O)O[C@H]([C@H](C)C[C@@H]2CC[C@H](OCCO)[C@H](OC)C2)CC(=O)[C@H](C)/C=C(\C)[C@@H]1O. The van der Waals surface area contributed by atoms with Crippen molar-refractivity contribution >= 4 is 29.2 Å². The molecule has 1 aliphatic carbocycles. The average Bonchev–Trinajstić information content (AvgIpc) is 3.32. The highest BCUT2D eigenvalue weighted by atomic mass is 16.6. The van der Waals surface area contributed by atoms with Crippen LogP contribution in [0.2, 0.25) is 0 Å². The van der Waals surface area contributed by atoms with Crippen molar-refractivity contribution in [1.82, 2.24) is 4.90 Å². The van der Waals surface area contributed by atoms with E-state index >= 15 is 0 Å². The van der Waals surface area contributed by atoms with Crippen LogP contribution in [0.1, 0.15) is 126 Å². The van der Waals surface area contributed by atoms with Gasteiger partial charge in [0.25, 0.3) is 11.7 Å². The summed E-state index contributed by atoms with van der Waals surface area (Å²) >= 11 is 0. The van der Waals surface area contributed by atoms with Crippen LogP contribution < -0.4 is 0 Å². The number of rotatable bonds is 9. The molecule has 68 heavy (non-hydrogen) atoms. The molecule has 0 aromatic rings. The smallest absolute Gasteiger partial charge is 0.329 e. The lowest BCUT2D eigenvalue weighted by Gasteiger charge is -2.42. The van der Waals surface area contributed by atoms with Gasteiger partial charge in [-0.25, -0.2) is 4.79 Å². The fourth-order valence-electron chi connectivity index (χ4n) is 10.5. The summed E-state index contributed by atoms with van der Waals surface area (Å²) in [6.45, 7) is 12.9. The topological polar surface area (TPSA) is 205 Å². The van der Waals surface area contributed by atoms with E-state index < -0.39 is 77.8 Å². The third-order valence-corrected chi connectivity index (χ3v) is 14.9. The first-order valence-electron chi connectivity index (χ1n) is 25.0. The zero-order chi connectivity index (χ0) is 50.3. The number of carbonyl (C=O) groups excluding carboxylic acids is 5. The molecule has 0 aromatic carbocycles. The highest BCUT2D eigenvalue weighted by Crippen LogP contribution is 2.38. The van der Waals surface area contributed by atoms with Gasteiger partial charge in [0.05, 0.1) is 37.6 Å². The molecule has 15 heteroatoms. The fraction of sp³-hybridized carbons (Fsp3) is 0.755. The van der Waals surface area contributed by atoms with Gasteiger partial charge in [-0.1, -0.05) is 71.1 Å². The number of aliphatic hydroxyl groups is 3. The van der Waals surface area contributed by atoms with Crippen LogP contribution >= 0.6 is 0 Å². The maximum Gasteiger partial charge on any atom is 0.329 e. The van der Waals surface area contributed by atoms with Gasteiger partial charge >= 0.3 is 5.97 Å². The number of ether oxygens (including phenoxy) is 6. The molecule has 2 saturated heterocycles. The predicted octanol–water partition coefficient (Wildman–Crippen LogP) is 6.20. The van der Waals surface area contributed by atoms with Crippen molar-refractivity contribution in [3.63, 3.8) is 0 Å². The molecule has 4 rings (SSSR count). The predicted molar refractivity (Wildman–Crippen MR) is 256 cm³/mol. The number of aliphatic hydroxyl groups excluding tert-OH is 2. The number of esters is 1. The van der Waals surface area contributed by atoms with E-state index in [1.807, 2.05) is 58.1 Å². The molecule has 15 atom stereocenters. The number of allylic oxidation sites excluding steroid dienone is 6. The van der Waals surface area contributed by atoms with E-state index in [1.54, 1.807) is 41.1 Å². The second-order valence-corrected chi connectivity index (χ2v) is 20.2. The first-order chi connectivity index (χ1) is 32.3. The number of hydrogen-bond donors (Lipinski definition) is 3. The van der Waals surface area contributed by atoms with Crippen LogP contribution in [0.15, 0.2) is 47.6 Å².